The molecule has 0 atom stereocenters. The zero-order chi connectivity index (χ0) is 14.8. The second kappa shape index (κ2) is 5.28. The first-order chi connectivity index (χ1) is 10.1. The molecule has 0 fully saturated rings. The maximum Gasteiger partial charge on any atom is 0.228 e. The summed E-state index contributed by atoms with van der Waals surface area (Å²) in [5, 5.41) is 3.64. The monoisotopic (exact) mass is 283 g/mol. The highest BCUT2D eigenvalue weighted by Crippen LogP contribution is 2.21. The quantitative estimate of drug-likeness (QED) is 0.646. The van der Waals surface area contributed by atoms with Crippen LogP contribution >= 0.6 is 0 Å². The van der Waals surface area contributed by atoms with E-state index in [1.54, 1.807) is 6.20 Å². The predicted octanol–water partition coefficient (Wildman–Crippen LogP) is 3.07. The Hall–Kier alpha value is -2.82. The van der Waals surface area contributed by atoms with Gasteiger partial charge in [0.25, 0.3) is 0 Å². The van der Waals surface area contributed by atoms with E-state index in [0.29, 0.717) is 11.4 Å². The summed E-state index contributed by atoms with van der Waals surface area (Å²) in [5.41, 5.74) is 8.21. The molecule has 1 aromatic heterocycles. The molecule has 0 saturated heterocycles. The first kappa shape index (κ1) is 13.2. The summed E-state index contributed by atoms with van der Waals surface area (Å²) in [6.07, 6.45) is 2.00. The normalized spacial score (nSPS) is 10.7. The standard InChI is InChI=1S/C16H14FN3O/c17-11-5-6-13(18)15(8-11)20-16(21)7-10-9-19-14-4-2-1-3-12(10)14/h1-6,8-9,19H,7,18H2,(H,20,21). The minimum Gasteiger partial charge on any atom is -0.397 e. The van der Waals surface area contributed by atoms with Crippen molar-refractivity contribution in [2.24, 2.45) is 0 Å². The van der Waals surface area contributed by atoms with Gasteiger partial charge in [0, 0.05) is 17.1 Å². The second-order valence-electron chi connectivity index (χ2n) is 4.82. The number of amides is 1. The number of rotatable bonds is 3. The first-order valence-corrected chi connectivity index (χ1v) is 6.53. The van der Waals surface area contributed by atoms with Crippen LogP contribution in [0.2, 0.25) is 0 Å². The summed E-state index contributed by atoms with van der Waals surface area (Å²) < 4.78 is 13.2. The number of halogens is 1. The van der Waals surface area contributed by atoms with Gasteiger partial charge in [-0.3, -0.25) is 4.79 Å². The van der Waals surface area contributed by atoms with Gasteiger partial charge >= 0.3 is 0 Å². The Bertz CT molecular complexity index is 810. The highest BCUT2D eigenvalue weighted by molar-refractivity contribution is 5.97. The van der Waals surface area contributed by atoms with Crippen molar-refractivity contribution in [3.05, 3.63) is 60.0 Å². The van der Waals surface area contributed by atoms with Crippen molar-refractivity contribution >= 4 is 28.2 Å². The van der Waals surface area contributed by atoms with Crippen LogP contribution in [0.25, 0.3) is 10.9 Å². The van der Waals surface area contributed by atoms with Gasteiger partial charge in [-0.1, -0.05) is 18.2 Å². The third-order valence-corrected chi connectivity index (χ3v) is 3.32. The Balaban J connectivity index is 1.79. The maximum absolute atomic E-state index is 13.2. The zero-order valence-corrected chi connectivity index (χ0v) is 11.2. The molecule has 0 saturated carbocycles. The molecule has 2 aromatic carbocycles. The van der Waals surface area contributed by atoms with Gasteiger partial charge < -0.3 is 16.0 Å². The van der Waals surface area contributed by atoms with Crippen molar-refractivity contribution in [1.82, 2.24) is 4.98 Å². The number of carbonyl (C=O) groups excluding carboxylic acids is 1. The largest absolute Gasteiger partial charge is 0.397 e. The Morgan fingerprint density at radius 2 is 2.05 bits per heavy atom. The molecule has 4 N–H and O–H groups in total. The van der Waals surface area contributed by atoms with E-state index in [2.05, 4.69) is 10.3 Å². The molecule has 106 valence electrons. The van der Waals surface area contributed by atoms with Gasteiger partial charge in [-0.05, 0) is 29.8 Å². The number of benzene rings is 2. The molecule has 0 aliphatic carbocycles. The van der Waals surface area contributed by atoms with Gasteiger partial charge in [-0.2, -0.15) is 0 Å². The first-order valence-electron chi connectivity index (χ1n) is 6.53. The number of hydrogen-bond donors (Lipinski definition) is 3. The number of hydrogen-bond acceptors (Lipinski definition) is 2. The van der Waals surface area contributed by atoms with E-state index < -0.39 is 5.82 Å². The van der Waals surface area contributed by atoms with Crippen LogP contribution in [-0.2, 0) is 11.2 Å². The van der Waals surface area contributed by atoms with Crippen LogP contribution < -0.4 is 11.1 Å². The number of nitrogens with two attached hydrogens (primary N) is 1. The minimum atomic E-state index is -0.438. The predicted molar refractivity (Wildman–Crippen MR) is 81.4 cm³/mol. The van der Waals surface area contributed by atoms with Crippen LogP contribution in [0.15, 0.2) is 48.7 Å². The lowest BCUT2D eigenvalue weighted by atomic mass is 10.1. The minimum absolute atomic E-state index is 0.194. The Morgan fingerprint density at radius 3 is 2.90 bits per heavy atom. The number of aromatic nitrogens is 1. The number of aromatic amines is 1. The molecule has 4 nitrogen and oxygen atoms in total. The van der Waals surface area contributed by atoms with Crippen LogP contribution in [0.4, 0.5) is 15.8 Å². The number of carbonyl (C=O) groups is 1. The number of H-pyrrole nitrogens is 1. The molecular weight excluding hydrogens is 269 g/mol. The van der Waals surface area contributed by atoms with Gasteiger partial charge in [0.2, 0.25) is 5.91 Å². The van der Waals surface area contributed by atoms with E-state index in [0.717, 1.165) is 16.5 Å². The molecule has 0 bridgehead atoms. The molecule has 21 heavy (non-hydrogen) atoms. The number of anilines is 2. The molecular formula is C16H14FN3O. The topological polar surface area (TPSA) is 70.9 Å². The van der Waals surface area contributed by atoms with Crippen molar-refractivity contribution in [2.45, 2.75) is 6.42 Å². The molecule has 1 amide bonds. The van der Waals surface area contributed by atoms with E-state index in [9.17, 15) is 9.18 Å². The summed E-state index contributed by atoms with van der Waals surface area (Å²) in [7, 11) is 0. The fourth-order valence-electron chi connectivity index (χ4n) is 2.28. The fourth-order valence-corrected chi connectivity index (χ4v) is 2.28. The third kappa shape index (κ3) is 2.72. The molecule has 0 radical (unpaired) electrons. The van der Waals surface area contributed by atoms with Crippen molar-refractivity contribution in [1.29, 1.82) is 0 Å². The summed E-state index contributed by atoms with van der Waals surface area (Å²) in [6.45, 7) is 0. The molecule has 0 spiro atoms. The smallest absolute Gasteiger partial charge is 0.228 e. The SMILES string of the molecule is Nc1ccc(F)cc1NC(=O)Cc1c[nH]c2ccccc12. The summed E-state index contributed by atoms with van der Waals surface area (Å²) >= 11 is 0. The van der Waals surface area contributed by atoms with E-state index in [-0.39, 0.29) is 12.3 Å². The number of fused-ring (bicyclic) bond motifs is 1. The number of nitrogens with one attached hydrogen (secondary N) is 2. The van der Waals surface area contributed by atoms with E-state index >= 15 is 0 Å². The summed E-state index contributed by atoms with van der Waals surface area (Å²) in [4.78, 5) is 15.2. The summed E-state index contributed by atoms with van der Waals surface area (Å²) in [5.74, 6) is -0.677. The van der Waals surface area contributed by atoms with Crippen molar-refractivity contribution < 1.29 is 9.18 Å². The lowest BCUT2D eigenvalue weighted by molar-refractivity contribution is -0.115. The average Bonchev–Trinajstić information content (AvgIpc) is 2.86. The molecule has 1 heterocycles. The Kier molecular flexibility index (Phi) is 3.31. The van der Waals surface area contributed by atoms with Gasteiger partial charge in [-0.25, -0.2) is 4.39 Å². The third-order valence-electron chi connectivity index (χ3n) is 3.32. The average molecular weight is 283 g/mol. The van der Waals surface area contributed by atoms with Crippen molar-refractivity contribution in [3.8, 4) is 0 Å². The fraction of sp³-hybridized carbons (Fsp3) is 0.0625. The van der Waals surface area contributed by atoms with Crippen LogP contribution in [0.5, 0.6) is 0 Å². The number of para-hydroxylation sites is 1. The second-order valence-corrected chi connectivity index (χ2v) is 4.82. The van der Waals surface area contributed by atoms with Crippen molar-refractivity contribution in [3.63, 3.8) is 0 Å². The van der Waals surface area contributed by atoms with Crippen LogP contribution in [0.1, 0.15) is 5.56 Å². The molecule has 0 aliphatic heterocycles. The highest BCUT2D eigenvalue weighted by Gasteiger charge is 2.10. The molecule has 0 aliphatic rings. The van der Waals surface area contributed by atoms with Gasteiger partial charge in [-0.15, -0.1) is 0 Å². The van der Waals surface area contributed by atoms with Crippen LogP contribution in [-0.4, -0.2) is 10.9 Å². The van der Waals surface area contributed by atoms with Gasteiger partial charge in [0.05, 0.1) is 17.8 Å². The van der Waals surface area contributed by atoms with Crippen LogP contribution in [0.3, 0.4) is 0 Å². The molecule has 5 heteroatoms. The lowest BCUT2D eigenvalue weighted by Gasteiger charge is -2.08. The van der Waals surface area contributed by atoms with Gasteiger partial charge in [0.1, 0.15) is 5.82 Å². The molecule has 3 aromatic rings. The Morgan fingerprint density at radius 1 is 1.24 bits per heavy atom. The van der Waals surface area contributed by atoms with Crippen LogP contribution in [0, 0.1) is 5.82 Å². The van der Waals surface area contributed by atoms with E-state index in [1.165, 1.54) is 18.2 Å². The Labute approximate surface area is 120 Å². The number of nitrogen functional groups attached to an aromatic ring is 1. The van der Waals surface area contributed by atoms with Gasteiger partial charge in [0.15, 0.2) is 0 Å². The lowest BCUT2D eigenvalue weighted by Crippen LogP contribution is -2.15. The molecule has 3 rings (SSSR count). The zero-order valence-electron chi connectivity index (χ0n) is 11.2. The maximum atomic E-state index is 13.2. The van der Waals surface area contributed by atoms with E-state index in [4.69, 9.17) is 5.73 Å². The summed E-state index contributed by atoms with van der Waals surface area (Å²) in [6, 6.07) is 11.6. The van der Waals surface area contributed by atoms with E-state index in [1.807, 2.05) is 24.3 Å². The van der Waals surface area contributed by atoms with Crippen molar-refractivity contribution in [2.75, 3.05) is 11.1 Å². The molecule has 0 unspecified atom stereocenters. The highest BCUT2D eigenvalue weighted by atomic mass is 19.1.